The lowest BCUT2D eigenvalue weighted by molar-refractivity contribution is 0.184. The van der Waals surface area contributed by atoms with Crippen molar-refractivity contribution in [1.29, 1.82) is 0 Å². The largest absolute Gasteiger partial charge is 0.383 e. The Balaban J connectivity index is 2.16. The van der Waals surface area contributed by atoms with Crippen LogP contribution in [0.1, 0.15) is 49.7 Å². The van der Waals surface area contributed by atoms with E-state index in [9.17, 15) is 0 Å². The monoisotopic (exact) mass is 301 g/mol. The van der Waals surface area contributed by atoms with Gasteiger partial charge in [-0.3, -0.25) is 0 Å². The van der Waals surface area contributed by atoms with Gasteiger partial charge in [-0.1, -0.05) is 35.2 Å². The Kier molecular flexibility index (Phi) is 4.98. The normalized spacial score (nSPS) is 17.5. The number of aromatic nitrogens is 3. The van der Waals surface area contributed by atoms with Crippen molar-refractivity contribution in [1.82, 2.24) is 14.8 Å². The highest BCUT2D eigenvalue weighted by atomic mass is 79.9. The zero-order valence-corrected chi connectivity index (χ0v) is 11.9. The molecule has 4 nitrogen and oxygen atoms in total. The van der Waals surface area contributed by atoms with Crippen LogP contribution in [0.25, 0.3) is 0 Å². The number of halogens is 1. The fraction of sp³-hybridized carbons (Fsp3) is 0.833. The third-order valence-electron chi connectivity index (χ3n) is 3.46. The van der Waals surface area contributed by atoms with Gasteiger partial charge in [-0.05, 0) is 12.8 Å². The number of ether oxygens (including phenoxy) is 1. The van der Waals surface area contributed by atoms with Gasteiger partial charge in [-0.15, -0.1) is 10.2 Å². The topological polar surface area (TPSA) is 39.9 Å². The first-order valence-electron chi connectivity index (χ1n) is 6.33. The van der Waals surface area contributed by atoms with Crippen molar-refractivity contribution in [3.8, 4) is 0 Å². The molecule has 17 heavy (non-hydrogen) atoms. The number of alkyl halides is 1. The molecule has 0 spiro atoms. The number of hydrogen-bond donors (Lipinski definition) is 0. The summed E-state index contributed by atoms with van der Waals surface area (Å²) in [5, 5.41) is 9.42. The van der Waals surface area contributed by atoms with Gasteiger partial charge in [-0.25, -0.2) is 0 Å². The van der Waals surface area contributed by atoms with Crippen LogP contribution in [0.3, 0.4) is 0 Å². The van der Waals surface area contributed by atoms with Crippen molar-refractivity contribution in [3.05, 3.63) is 11.6 Å². The van der Waals surface area contributed by atoms with Crippen LogP contribution in [0.5, 0.6) is 0 Å². The Morgan fingerprint density at radius 3 is 2.71 bits per heavy atom. The Morgan fingerprint density at radius 2 is 2.06 bits per heavy atom. The highest BCUT2D eigenvalue weighted by Gasteiger charge is 2.22. The van der Waals surface area contributed by atoms with Gasteiger partial charge in [0.1, 0.15) is 11.6 Å². The molecule has 1 aliphatic rings. The minimum Gasteiger partial charge on any atom is -0.383 e. The van der Waals surface area contributed by atoms with Gasteiger partial charge in [0, 0.05) is 19.6 Å². The van der Waals surface area contributed by atoms with Crippen molar-refractivity contribution in [2.24, 2.45) is 0 Å². The molecule has 0 bridgehead atoms. The molecule has 0 radical (unpaired) electrons. The summed E-state index contributed by atoms with van der Waals surface area (Å²) >= 11 is 3.47. The molecule has 1 aromatic rings. The molecule has 0 atom stereocenters. The molecule has 1 fully saturated rings. The molecule has 1 aromatic heterocycles. The van der Waals surface area contributed by atoms with E-state index in [2.05, 4.69) is 30.7 Å². The Hall–Kier alpha value is -0.420. The fourth-order valence-electron chi connectivity index (χ4n) is 2.54. The molecular formula is C12H20BrN3O. The first kappa shape index (κ1) is 13.0. The second-order valence-electron chi connectivity index (χ2n) is 4.59. The van der Waals surface area contributed by atoms with E-state index in [1.807, 2.05) is 0 Å². The second kappa shape index (κ2) is 6.50. The lowest BCUT2D eigenvalue weighted by Crippen LogP contribution is -2.16. The minimum atomic E-state index is 0.598. The van der Waals surface area contributed by atoms with Crippen LogP contribution in [-0.4, -0.2) is 28.5 Å². The lowest BCUT2D eigenvalue weighted by atomic mass is 9.88. The van der Waals surface area contributed by atoms with Crippen LogP contribution < -0.4 is 0 Å². The molecule has 1 heterocycles. The van der Waals surface area contributed by atoms with Crippen LogP contribution >= 0.6 is 15.9 Å². The SMILES string of the molecule is COCCn1c(CBr)nnc1C1CCCCC1. The standard InChI is InChI=1S/C12H20BrN3O/c1-17-8-7-16-11(9-13)14-15-12(16)10-5-3-2-4-6-10/h10H,2-9H2,1H3. The maximum absolute atomic E-state index is 5.17. The fourth-order valence-corrected chi connectivity index (χ4v) is 2.95. The molecule has 0 unspecified atom stereocenters. The summed E-state index contributed by atoms with van der Waals surface area (Å²) in [6.07, 6.45) is 6.53. The van der Waals surface area contributed by atoms with Crippen molar-refractivity contribution < 1.29 is 4.74 Å². The second-order valence-corrected chi connectivity index (χ2v) is 5.15. The smallest absolute Gasteiger partial charge is 0.143 e. The average Bonchev–Trinajstić information content (AvgIpc) is 2.80. The Labute approximate surface area is 111 Å². The van der Waals surface area contributed by atoms with E-state index >= 15 is 0 Å². The van der Waals surface area contributed by atoms with Crippen molar-refractivity contribution in [3.63, 3.8) is 0 Å². The van der Waals surface area contributed by atoms with Gasteiger partial charge >= 0.3 is 0 Å². The Morgan fingerprint density at radius 1 is 1.29 bits per heavy atom. The zero-order chi connectivity index (χ0) is 12.1. The van der Waals surface area contributed by atoms with Crippen LogP contribution in [0.15, 0.2) is 0 Å². The highest BCUT2D eigenvalue weighted by Crippen LogP contribution is 2.32. The Bertz CT molecular complexity index is 348. The molecule has 0 N–H and O–H groups in total. The van der Waals surface area contributed by atoms with Crippen molar-refractivity contribution in [2.45, 2.75) is 49.9 Å². The molecule has 0 aliphatic heterocycles. The summed E-state index contributed by atoms with van der Waals surface area (Å²) in [4.78, 5) is 0. The van der Waals surface area contributed by atoms with E-state index in [0.717, 1.165) is 30.1 Å². The summed E-state index contributed by atoms with van der Waals surface area (Å²) < 4.78 is 7.40. The number of methoxy groups -OCH3 is 1. The predicted molar refractivity (Wildman–Crippen MR) is 70.4 cm³/mol. The van der Waals surface area contributed by atoms with Crippen molar-refractivity contribution >= 4 is 15.9 Å². The highest BCUT2D eigenvalue weighted by molar-refractivity contribution is 9.08. The van der Waals surface area contributed by atoms with Gasteiger partial charge in [-0.2, -0.15) is 0 Å². The predicted octanol–water partition coefficient (Wildman–Crippen LogP) is 2.87. The number of rotatable bonds is 5. The maximum Gasteiger partial charge on any atom is 0.143 e. The third-order valence-corrected chi connectivity index (χ3v) is 3.97. The molecule has 0 saturated heterocycles. The summed E-state index contributed by atoms with van der Waals surface area (Å²) in [7, 11) is 1.73. The van der Waals surface area contributed by atoms with E-state index in [0.29, 0.717) is 5.92 Å². The van der Waals surface area contributed by atoms with Crippen molar-refractivity contribution in [2.75, 3.05) is 13.7 Å². The summed E-state index contributed by atoms with van der Waals surface area (Å²) in [5.41, 5.74) is 0. The summed E-state index contributed by atoms with van der Waals surface area (Å²) in [5.74, 6) is 2.78. The molecule has 1 aliphatic carbocycles. The molecule has 0 amide bonds. The van der Waals surface area contributed by atoms with E-state index in [1.165, 1.54) is 32.1 Å². The number of hydrogen-bond acceptors (Lipinski definition) is 3. The maximum atomic E-state index is 5.17. The van der Waals surface area contributed by atoms with E-state index in [-0.39, 0.29) is 0 Å². The molecule has 96 valence electrons. The lowest BCUT2D eigenvalue weighted by Gasteiger charge is -2.21. The van der Waals surface area contributed by atoms with Gasteiger partial charge in [0.05, 0.1) is 11.9 Å². The van der Waals surface area contributed by atoms with Crippen LogP contribution in [0.2, 0.25) is 0 Å². The molecule has 2 rings (SSSR count). The van der Waals surface area contributed by atoms with E-state index in [4.69, 9.17) is 4.74 Å². The molecule has 0 aromatic carbocycles. The van der Waals surface area contributed by atoms with Gasteiger partial charge in [0.2, 0.25) is 0 Å². The quantitative estimate of drug-likeness (QED) is 0.785. The van der Waals surface area contributed by atoms with Crippen LogP contribution in [0, 0.1) is 0 Å². The summed E-state index contributed by atoms with van der Waals surface area (Å²) in [6, 6.07) is 0. The van der Waals surface area contributed by atoms with Crippen LogP contribution in [0.4, 0.5) is 0 Å². The van der Waals surface area contributed by atoms with Gasteiger partial charge in [0.15, 0.2) is 0 Å². The average molecular weight is 302 g/mol. The first-order valence-corrected chi connectivity index (χ1v) is 7.46. The zero-order valence-electron chi connectivity index (χ0n) is 10.4. The molecular weight excluding hydrogens is 282 g/mol. The molecule has 1 saturated carbocycles. The van der Waals surface area contributed by atoms with Crippen LogP contribution in [-0.2, 0) is 16.6 Å². The summed E-state index contributed by atoms with van der Waals surface area (Å²) in [6.45, 7) is 1.58. The first-order chi connectivity index (χ1) is 8.36. The number of nitrogens with zero attached hydrogens (tertiary/aromatic N) is 3. The van der Waals surface area contributed by atoms with E-state index in [1.54, 1.807) is 7.11 Å². The van der Waals surface area contributed by atoms with E-state index < -0.39 is 0 Å². The minimum absolute atomic E-state index is 0.598. The molecule has 5 heteroatoms. The third kappa shape index (κ3) is 3.07. The van der Waals surface area contributed by atoms with Gasteiger partial charge < -0.3 is 9.30 Å². The van der Waals surface area contributed by atoms with Gasteiger partial charge in [0.25, 0.3) is 0 Å².